The summed E-state index contributed by atoms with van der Waals surface area (Å²) in [6.45, 7) is -0.240. The van der Waals surface area contributed by atoms with Gasteiger partial charge < -0.3 is 5.73 Å². The molecular weight excluding hydrogens is 281 g/mol. The molecule has 0 saturated carbocycles. The molecule has 10 heteroatoms. The number of nitro groups is 1. The minimum absolute atomic E-state index is 0.214. The summed E-state index contributed by atoms with van der Waals surface area (Å²) in [5, 5.41) is 10.4. The van der Waals surface area contributed by atoms with Crippen LogP contribution in [0.25, 0.3) is 0 Å². The van der Waals surface area contributed by atoms with E-state index in [4.69, 9.17) is 5.73 Å². The molecule has 3 N–H and O–H groups in total. The van der Waals surface area contributed by atoms with Gasteiger partial charge in [-0.25, -0.2) is 13.1 Å². The number of halogens is 1. The molecule has 1 amide bonds. The summed E-state index contributed by atoms with van der Waals surface area (Å²) >= 11 is 0. The predicted molar refractivity (Wildman–Crippen MR) is 62.1 cm³/mol. The smallest absolute Gasteiger partial charge is 0.304 e. The van der Waals surface area contributed by atoms with Gasteiger partial charge in [-0.05, 0) is 6.07 Å². The fourth-order valence-corrected chi connectivity index (χ4v) is 2.24. The molecule has 19 heavy (non-hydrogen) atoms. The van der Waals surface area contributed by atoms with Crippen LogP contribution >= 0.6 is 0 Å². The van der Waals surface area contributed by atoms with Crippen molar-refractivity contribution in [2.75, 3.05) is 6.54 Å². The third kappa shape index (κ3) is 3.96. The number of hydrogen-bond acceptors (Lipinski definition) is 5. The number of amides is 1. The summed E-state index contributed by atoms with van der Waals surface area (Å²) in [7, 11) is -4.04. The number of hydrogen-bond donors (Lipinski definition) is 2. The number of benzene rings is 1. The predicted octanol–water partition coefficient (Wildman–Crippen LogP) is -0.112. The van der Waals surface area contributed by atoms with E-state index in [-0.39, 0.29) is 13.0 Å². The first-order chi connectivity index (χ1) is 8.74. The highest BCUT2D eigenvalue weighted by molar-refractivity contribution is 7.89. The average molecular weight is 291 g/mol. The van der Waals surface area contributed by atoms with Gasteiger partial charge in [0.05, 0.1) is 9.82 Å². The molecule has 0 atom stereocenters. The van der Waals surface area contributed by atoms with E-state index in [0.717, 1.165) is 12.1 Å². The normalized spacial score (nSPS) is 11.2. The highest BCUT2D eigenvalue weighted by Crippen LogP contribution is 2.20. The van der Waals surface area contributed by atoms with E-state index < -0.39 is 37.3 Å². The molecule has 0 spiro atoms. The summed E-state index contributed by atoms with van der Waals surface area (Å²) in [5.41, 5.74) is 4.01. The molecule has 0 saturated heterocycles. The fraction of sp³-hybridized carbons (Fsp3) is 0.222. The largest absolute Gasteiger partial charge is 0.370 e. The van der Waals surface area contributed by atoms with E-state index in [0.29, 0.717) is 6.07 Å². The monoisotopic (exact) mass is 291 g/mol. The quantitative estimate of drug-likeness (QED) is 0.557. The van der Waals surface area contributed by atoms with Gasteiger partial charge in [-0.1, -0.05) is 0 Å². The van der Waals surface area contributed by atoms with Crippen LogP contribution in [0.1, 0.15) is 6.42 Å². The Morgan fingerprint density at radius 1 is 1.47 bits per heavy atom. The summed E-state index contributed by atoms with van der Waals surface area (Å²) in [6.07, 6.45) is -0.214. The Hall–Kier alpha value is -2.07. The van der Waals surface area contributed by atoms with Crippen molar-refractivity contribution >= 4 is 21.6 Å². The second kappa shape index (κ2) is 5.71. The van der Waals surface area contributed by atoms with Gasteiger partial charge in [0, 0.05) is 25.1 Å². The lowest BCUT2D eigenvalue weighted by Gasteiger charge is -2.05. The molecule has 0 fully saturated rings. The van der Waals surface area contributed by atoms with E-state index in [9.17, 15) is 27.7 Å². The first kappa shape index (κ1) is 15.0. The van der Waals surface area contributed by atoms with Crippen LogP contribution in [0.4, 0.5) is 10.1 Å². The molecule has 0 bridgehead atoms. The number of carbonyl (C=O) groups excluding carboxylic acids is 1. The van der Waals surface area contributed by atoms with Crippen molar-refractivity contribution in [2.24, 2.45) is 5.73 Å². The number of nitrogens with one attached hydrogen (secondary N) is 1. The maximum atomic E-state index is 13.3. The van der Waals surface area contributed by atoms with E-state index in [1.165, 1.54) is 0 Å². The Balaban J connectivity index is 2.93. The van der Waals surface area contributed by atoms with Gasteiger partial charge >= 0.3 is 5.69 Å². The maximum absolute atomic E-state index is 13.3. The van der Waals surface area contributed by atoms with Crippen molar-refractivity contribution in [1.29, 1.82) is 0 Å². The van der Waals surface area contributed by atoms with Crippen molar-refractivity contribution < 1.29 is 22.5 Å². The van der Waals surface area contributed by atoms with Gasteiger partial charge in [-0.3, -0.25) is 14.9 Å². The second-order valence-corrected chi connectivity index (χ2v) is 5.25. The van der Waals surface area contributed by atoms with Gasteiger partial charge in [0.15, 0.2) is 0 Å². The molecular formula is C9H10FN3O5S. The Morgan fingerprint density at radius 2 is 2.11 bits per heavy atom. The average Bonchev–Trinajstić information content (AvgIpc) is 2.27. The lowest BCUT2D eigenvalue weighted by atomic mass is 10.3. The third-order valence-electron chi connectivity index (χ3n) is 2.09. The Kier molecular flexibility index (Phi) is 4.51. The Bertz CT molecular complexity index is 616. The van der Waals surface area contributed by atoms with Crippen LogP contribution in [-0.2, 0) is 14.8 Å². The third-order valence-corrected chi connectivity index (χ3v) is 3.55. The first-order valence-electron chi connectivity index (χ1n) is 4.96. The van der Waals surface area contributed by atoms with Crippen molar-refractivity contribution in [3.63, 3.8) is 0 Å². The van der Waals surface area contributed by atoms with E-state index in [1.807, 2.05) is 4.72 Å². The number of sulfonamides is 1. The number of nitro benzene ring substituents is 1. The second-order valence-electron chi connectivity index (χ2n) is 3.48. The molecule has 1 rings (SSSR count). The van der Waals surface area contributed by atoms with Crippen LogP contribution in [0.5, 0.6) is 0 Å². The fourth-order valence-electron chi connectivity index (χ4n) is 1.19. The summed E-state index contributed by atoms with van der Waals surface area (Å²) in [5.74, 6) is -1.96. The van der Waals surface area contributed by atoms with Crippen LogP contribution < -0.4 is 10.5 Å². The van der Waals surface area contributed by atoms with Crippen molar-refractivity contribution in [2.45, 2.75) is 11.3 Å². The standard InChI is InChI=1S/C9H10FN3O5S/c10-7-5-6(1-2-8(7)13(15)16)19(17,18)12-4-3-9(11)14/h1-2,5,12H,3-4H2,(H2,11,14). The topological polar surface area (TPSA) is 132 Å². The van der Waals surface area contributed by atoms with Crippen molar-refractivity contribution in [3.8, 4) is 0 Å². The number of carbonyl (C=O) groups is 1. The van der Waals surface area contributed by atoms with Gasteiger partial charge in [-0.15, -0.1) is 0 Å². The minimum atomic E-state index is -4.04. The zero-order valence-corrected chi connectivity index (χ0v) is 10.3. The molecule has 8 nitrogen and oxygen atoms in total. The van der Waals surface area contributed by atoms with Crippen LogP contribution in [0, 0.1) is 15.9 Å². The lowest BCUT2D eigenvalue weighted by molar-refractivity contribution is -0.387. The highest BCUT2D eigenvalue weighted by Gasteiger charge is 2.20. The zero-order chi connectivity index (χ0) is 14.6. The SMILES string of the molecule is NC(=O)CCNS(=O)(=O)c1ccc([N+](=O)[O-])c(F)c1. The van der Waals surface area contributed by atoms with E-state index >= 15 is 0 Å². The zero-order valence-electron chi connectivity index (χ0n) is 9.50. The minimum Gasteiger partial charge on any atom is -0.370 e. The van der Waals surface area contributed by atoms with Gasteiger partial charge in [0.2, 0.25) is 21.7 Å². The first-order valence-corrected chi connectivity index (χ1v) is 6.44. The van der Waals surface area contributed by atoms with Crippen LogP contribution in [0.3, 0.4) is 0 Å². The Morgan fingerprint density at radius 3 is 2.58 bits per heavy atom. The van der Waals surface area contributed by atoms with Gasteiger partial charge in [0.1, 0.15) is 0 Å². The molecule has 0 aliphatic carbocycles. The summed E-state index contributed by atoms with van der Waals surface area (Å²) < 4.78 is 38.6. The molecule has 0 aromatic heterocycles. The van der Waals surface area contributed by atoms with Crippen molar-refractivity contribution in [1.82, 2.24) is 4.72 Å². The molecule has 0 aliphatic rings. The number of rotatable bonds is 6. The van der Waals surface area contributed by atoms with E-state index in [2.05, 4.69) is 0 Å². The van der Waals surface area contributed by atoms with Crippen LogP contribution in [0.2, 0.25) is 0 Å². The Labute approximate surface area is 107 Å². The van der Waals surface area contributed by atoms with Gasteiger partial charge in [0.25, 0.3) is 0 Å². The molecule has 104 valence electrons. The molecule has 1 aromatic carbocycles. The molecule has 0 radical (unpaired) electrons. The van der Waals surface area contributed by atoms with E-state index in [1.54, 1.807) is 0 Å². The molecule has 0 heterocycles. The van der Waals surface area contributed by atoms with Crippen LogP contribution in [-0.4, -0.2) is 25.8 Å². The summed E-state index contributed by atoms with van der Waals surface area (Å²) in [6, 6.07) is 2.18. The molecule has 0 unspecified atom stereocenters. The molecule has 0 aliphatic heterocycles. The maximum Gasteiger partial charge on any atom is 0.304 e. The number of nitrogens with two attached hydrogens (primary N) is 1. The van der Waals surface area contributed by atoms with Gasteiger partial charge in [-0.2, -0.15) is 4.39 Å². The number of nitrogens with zero attached hydrogens (tertiary/aromatic N) is 1. The molecule has 1 aromatic rings. The number of primary amides is 1. The van der Waals surface area contributed by atoms with Crippen molar-refractivity contribution in [3.05, 3.63) is 34.1 Å². The lowest BCUT2D eigenvalue weighted by Crippen LogP contribution is -2.28. The summed E-state index contributed by atoms with van der Waals surface area (Å²) in [4.78, 5) is 19.4. The van der Waals surface area contributed by atoms with Crippen LogP contribution in [0.15, 0.2) is 23.1 Å². The highest BCUT2D eigenvalue weighted by atomic mass is 32.2.